The number of hydrogen-bond donors (Lipinski definition) is 3. The number of amides is 1. The van der Waals surface area contributed by atoms with E-state index in [4.69, 9.17) is 9.47 Å². The minimum absolute atomic E-state index is 0.0695. The summed E-state index contributed by atoms with van der Waals surface area (Å²) >= 11 is 0. The van der Waals surface area contributed by atoms with Gasteiger partial charge in [0.25, 0.3) is 0 Å². The smallest absolute Gasteiger partial charge is 0.408 e. The summed E-state index contributed by atoms with van der Waals surface area (Å²) in [5.74, 6) is -0.556. The standard InChI is InChI=1S/C27H38NO6P/c29-26(33-20-23-12-6-2-7-13-23)17-16-25(28-27(30)34-21-24-14-8-3-9-15-24)35(31,32)19-18-22-10-4-1-5-11-22/h2-3,6-9,12-15,22,25-26,29H,1,4-5,10-11,16-21H2,(H,28,30)(H,31,32). The summed E-state index contributed by atoms with van der Waals surface area (Å²) in [6, 6.07) is 18.7. The average molecular weight is 504 g/mol. The minimum Gasteiger partial charge on any atom is -0.445 e. The SMILES string of the molecule is O=C(NC(CCC(O)OCc1ccccc1)P(=O)(O)CCC1CCCCC1)OCc1ccccc1. The molecule has 1 amide bonds. The van der Waals surface area contributed by atoms with Crippen molar-refractivity contribution >= 4 is 13.5 Å². The maximum absolute atomic E-state index is 13.3. The maximum Gasteiger partial charge on any atom is 0.408 e. The Balaban J connectivity index is 1.54. The second-order valence-corrected chi connectivity index (χ2v) is 11.9. The largest absolute Gasteiger partial charge is 0.445 e. The number of carbonyl (C=O) groups is 1. The van der Waals surface area contributed by atoms with Crippen LogP contribution in [0, 0.1) is 5.92 Å². The molecule has 0 bridgehead atoms. The molecule has 1 fully saturated rings. The van der Waals surface area contributed by atoms with Crippen LogP contribution in [0.1, 0.15) is 62.5 Å². The number of carbonyl (C=O) groups excluding carboxylic acids is 1. The Morgan fingerprint density at radius 2 is 1.54 bits per heavy atom. The van der Waals surface area contributed by atoms with Gasteiger partial charge in [0, 0.05) is 12.6 Å². The number of aliphatic hydroxyl groups excluding tert-OH is 1. The maximum atomic E-state index is 13.3. The average Bonchev–Trinajstić information content (AvgIpc) is 2.89. The van der Waals surface area contributed by atoms with Crippen molar-refractivity contribution in [1.29, 1.82) is 0 Å². The fourth-order valence-electron chi connectivity index (χ4n) is 4.43. The number of nitrogens with one attached hydrogen (secondary N) is 1. The van der Waals surface area contributed by atoms with E-state index in [1.807, 2.05) is 60.7 Å². The van der Waals surface area contributed by atoms with E-state index in [9.17, 15) is 19.4 Å². The Labute approximate surface area is 208 Å². The van der Waals surface area contributed by atoms with Crippen LogP contribution in [0.5, 0.6) is 0 Å². The third-order valence-corrected chi connectivity index (χ3v) is 8.80. The van der Waals surface area contributed by atoms with Gasteiger partial charge < -0.3 is 24.8 Å². The second kappa shape index (κ2) is 14.4. The molecule has 0 saturated heterocycles. The van der Waals surface area contributed by atoms with Crippen molar-refractivity contribution < 1.29 is 28.8 Å². The van der Waals surface area contributed by atoms with Gasteiger partial charge in [-0.2, -0.15) is 0 Å². The number of benzene rings is 2. The highest BCUT2D eigenvalue weighted by molar-refractivity contribution is 7.58. The van der Waals surface area contributed by atoms with E-state index < -0.39 is 25.5 Å². The molecule has 0 aliphatic heterocycles. The first kappa shape index (κ1) is 27.4. The molecule has 3 atom stereocenters. The fourth-order valence-corrected chi connectivity index (χ4v) is 6.33. The molecule has 192 valence electrons. The molecule has 0 heterocycles. The van der Waals surface area contributed by atoms with Gasteiger partial charge in [0.1, 0.15) is 12.4 Å². The van der Waals surface area contributed by atoms with Crippen molar-refractivity contribution in [3.8, 4) is 0 Å². The summed E-state index contributed by atoms with van der Waals surface area (Å²) in [4.78, 5) is 23.4. The molecule has 0 spiro atoms. The van der Waals surface area contributed by atoms with Gasteiger partial charge in [-0.3, -0.25) is 4.57 Å². The van der Waals surface area contributed by atoms with Gasteiger partial charge in [-0.15, -0.1) is 0 Å². The van der Waals surface area contributed by atoms with Crippen molar-refractivity contribution in [1.82, 2.24) is 5.32 Å². The van der Waals surface area contributed by atoms with Crippen molar-refractivity contribution in [2.75, 3.05) is 6.16 Å². The van der Waals surface area contributed by atoms with Gasteiger partial charge >= 0.3 is 6.09 Å². The highest BCUT2D eigenvalue weighted by Crippen LogP contribution is 2.49. The molecule has 2 aromatic carbocycles. The molecule has 2 aromatic rings. The highest BCUT2D eigenvalue weighted by atomic mass is 31.2. The van der Waals surface area contributed by atoms with Crippen LogP contribution < -0.4 is 5.32 Å². The van der Waals surface area contributed by atoms with Crippen molar-refractivity contribution in [2.24, 2.45) is 5.92 Å². The number of aliphatic hydroxyl groups is 1. The molecular weight excluding hydrogens is 465 g/mol. The lowest BCUT2D eigenvalue weighted by Gasteiger charge is -2.27. The molecule has 3 rings (SSSR count). The minimum atomic E-state index is -3.73. The van der Waals surface area contributed by atoms with E-state index >= 15 is 0 Å². The van der Waals surface area contributed by atoms with Gasteiger partial charge in [-0.1, -0.05) is 92.8 Å². The Bertz CT molecular complexity index is 920. The lowest BCUT2D eigenvalue weighted by molar-refractivity contribution is -0.112. The number of hydrogen-bond acceptors (Lipinski definition) is 5. The van der Waals surface area contributed by atoms with Crippen LogP contribution in [0.4, 0.5) is 4.79 Å². The van der Waals surface area contributed by atoms with E-state index in [0.29, 0.717) is 12.3 Å². The predicted molar refractivity (Wildman–Crippen MR) is 136 cm³/mol. The summed E-state index contributed by atoms with van der Waals surface area (Å²) in [7, 11) is -3.73. The zero-order chi connectivity index (χ0) is 24.9. The summed E-state index contributed by atoms with van der Waals surface area (Å²) in [6.07, 6.45) is 4.90. The topological polar surface area (TPSA) is 105 Å². The molecule has 1 aliphatic carbocycles. The molecule has 1 saturated carbocycles. The van der Waals surface area contributed by atoms with Gasteiger partial charge in [-0.05, 0) is 29.9 Å². The highest BCUT2D eigenvalue weighted by Gasteiger charge is 2.34. The predicted octanol–water partition coefficient (Wildman–Crippen LogP) is 5.80. The van der Waals surface area contributed by atoms with Crippen LogP contribution in [-0.4, -0.2) is 34.3 Å². The molecule has 3 unspecified atom stereocenters. The van der Waals surface area contributed by atoms with Crippen molar-refractivity contribution in [3.63, 3.8) is 0 Å². The number of rotatable bonds is 13. The van der Waals surface area contributed by atoms with E-state index in [2.05, 4.69) is 5.32 Å². The Morgan fingerprint density at radius 1 is 0.943 bits per heavy atom. The summed E-state index contributed by atoms with van der Waals surface area (Å²) in [5, 5.41) is 12.9. The monoisotopic (exact) mass is 503 g/mol. The Hall–Kier alpha value is -2.18. The van der Waals surface area contributed by atoms with E-state index in [0.717, 1.165) is 24.0 Å². The third-order valence-electron chi connectivity index (χ3n) is 6.54. The van der Waals surface area contributed by atoms with E-state index in [-0.39, 0.29) is 32.2 Å². The molecule has 8 heteroatoms. The van der Waals surface area contributed by atoms with E-state index in [1.165, 1.54) is 19.3 Å². The lowest BCUT2D eigenvalue weighted by atomic mass is 9.88. The normalized spacial score (nSPS) is 17.8. The molecular formula is C27H38NO6P. The molecule has 0 aromatic heterocycles. The number of ether oxygens (including phenoxy) is 2. The summed E-state index contributed by atoms with van der Waals surface area (Å²) < 4.78 is 24.1. The number of alkyl carbamates (subject to hydrolysis) is 1. The van der Waals surface area contributed by atoms with Crippen LogP contribution in [0.3, 0.4) is 0 Å². The quantitative estimate of drug-likeness (QED) is 0.236. The first-order valence-electron chi connectivity index (χ1n) is 12.5. The first-order valence-corrected chi connectivity index (χ1v) is 14.5. The van der Waals surface area contributed by atoms with Crippen LogP contribution in [0.25, 0.3) is 0 Å². The van der Waals surface area contributed by atoms with Gasteiger partial charge in [0.05, 0.1) is 6.61 Å². The Morgan fingerprint density at radius 3 is 2.17 bits per heavy atom. The van der Waals surface area contributed by atoms with E-state index in [1.54, 1.807) is 0 Å². The third kappa shape index (κ3) is 10.1. The summed E-state index contributed by atoms with van der Waals surface area (Å²) in [6.45, 7) is 0.303. The molecule has 35 heavy (non-hydrogen) atoms. The van der Waals surface area contributed by atoms with Gasteiger partial charge in [0.2, 0.25) is 7.37 Å². The van der Waals surface area contributed by atoms with Crippen molar-refractivity contribution in [3.05, 3.63) is 71.8 Å². The second-order valence-electron chi connectivity index (χ2n) is 9.32. The zero-order valence-electron chi connectivity index (χ0n) is 20.3. The zero-order valence-corrected chi connectivity index (χ0v) is 21.2. The van der Waals surface area contributed by atoms with Crippen LogP contribution >= 0.6 is 7.37 Å². The van der Waals surface area contributed by atoms with Crippen LogP contribution in [-0.2, 0) is 27.3 Å². The molecule has 7 nitrogen and oxygen atoms in total. The van der Waals surface area contributed by atoms with Gasteiger partial charge in [-0.25, -0.2) is 4.79 Å². The summed E-state index contributed by atoms with van der Waals surface area (Å²) in [5.41, 5.74) is 1.75. The molecule has 0 radical (unpaired) electrons. The lowest BCUT2D eigenvalue weighted by Crippen LogP contribution is -2.36. The fraction of sp³-hybridized carbons (Fsp3) is 0.519. The van der Waals surface area contributed by atoms with Crippen LogP contribution in [0.2, 0.25) is 0 Å². The van der Waals surface area contributed by atoms with Crippen LogP contribution in [0.15, 0.2) is 60.7 Å². The Kier molecular flexibility index (Phi) is 11.3. The molecule has 3 N–H and O–H groups in total. The first-order chi connectivity index (χ1) is 16.9. The van der Waals surface area contributed by atoms with Crippen molar-refractivity contribution in [2.45, 2.75) is 76.7 Å². The van der Waals surface area contributed by atoms with Gasteiger partial charge in [0.15, 0.2) is 6.29 Å². The molecule has 1 aliphatic rings.